The Bertz CT molecular complexity index is 915. The van der Waals surface area contributed by atoms with Gasteiger partial charge in [-0.2, -0.15) is 5.10 Å². The van der Waals surface area contributed by atoms with Crippen molar-refractivity contribution < 1.29 is 4.79 Å². The Morgan fingerprint density at radius 3 is 2.46 bits per heavy atom. The molecule has 3 rings (SSSR count). The van der Waals surface area contributed by atoms with Crippen molar-refractivity contribution in [2.24, 2.45) is 7.05 Å². The molecule has 3 N–H and O–H groups in total. The van der Waals surface area contributed by atoms with Gasteiger partial charge in [0.1, 0.15) is 5.82 Å². The molecule has 24 heavy (non-hydrogen) atoms. The summed E-state index contributed by atoms with van der Waals surface area (Å²) in [5.41, 5.74) is 9.34. The van der Waals surface area contributed by atoms with Crippen LogP contribution in [0.15, 0.2) is 54.6 Å². The average molecular weight is 316 g/mol. The Kier molecular flexibility index (Phi) is 4.04. The maximum atomic E-state index is 12.3. The fraction of sp³-hybridized carbons (Fsp3) is 0.0526. The van der Waals surface area contributed by atoms with Crippen LogP contribution in [0.2, 0.25) is 0 Å². The molecule has 0 radical (unpaired) electrons. The maximum Gasteiger partial charge on any atom is 0.256 e. The van der Waals surface area contributed by atoms with Crippen molar-refractivity contribution in [1.82, 2.24) is 9.78 Å². The molecule has 1 amide bonds. The van der Waals surface area contributed by atoms with Crippen LogP contribution in [0.4, 0.5) is 11.5 Å². The molecule has 0 atom stereocenters. The van der Waals surface area contributed by atoms with Crippen molar-refractivity contribution in [3.05, 3.63) is 65.7 Å². The van der Waals surface area contributed by atoms with Crippen LogP contribution in [0, 0.1) is 12.3 Å². The summed E-state index contributed by atoms with van der Waals surface area (Å²) >= 11 is 0. The predicted octanol–water partition coefficient (Wildman–Crippen LogP) is 2.90. The normalized spacial score (nSPS) is 10.2. The monoisotopic (exact) mass is 316 g/mol. The Morgan fingerprint density at radius 1 is 1.17 bits per heavy atom. The summed E-state index contributed by atoms with van der Waals surface area (Å²) in [6, 6.07) is 16.1. The fourth-order valence-electron chi connectivity index (χ4n) is 2.29. The molecule has 0 bridgehead atoms. The highest BCUT2D eigenvalue weighted by Crippen LogP contribution is 2.22. The van der Waals surface area contributed by atoms with E-state index in [9.17, 15) is 4.79 Å². The van der Waals surface area contributed by atoms with E-state index in [-0.39, 0.29) is 5.91 Å². The highest BCUT2D eigenvalue weighted by atomic mass is 16.1. The molecule has 0 saturated carbocycles. The second kappa shape index (κ2) is 6.31. The molecule has 0 spiro atoms. The summed E-state index contributed by atoms with van der Waals surface area (Å²) in [6.07, 6.45) is 5.32. The van der Waals surface area contributed by atoms with Gasteiger partial charge in [-0.25, -0.2) is 0 Å². The van der Waals surface area contributed by atoms with Crippen LogP contribution in [-0.4, -0.2) is 15.7 Å². The van der Waals surface area contributed by atoms with E-state index in [4.69, 9.17) is 12.2 Å². The third kappa shape index (κ3) is 3.13. The Hall–Kier alpha value is -3.52. The number of carbonyl (C=O) groups excluding carboxylic acids is 1. The van der Waals surface area contributed by atoms with Crippen molar-refractivity contribution in [2.75, 3.05) is 11.1 Å². The van der Waals surface area contributed by atoms with Crippen LogP contribution in [-0.2, 0) is 7.05 Å². The van der Waals surface area contributed by atoms with Crippen LogP contribution in [0.1, 0.15) is 15.9 Å². The lowest BCUT2D eigenvalue weighted by molar-refractivity contribution is 0.102. The van der Waals surface area contributed by atoms with E-state index in [2.05, 4.69) is 16.3 Å². The molecule has 2 aromatic carbocycles. The Morgan fingerprint density at radius 2 is 1.83 bits per heavy atom. The number of nitrogens with one attached hydrogen (secondary N) is 1. The number of nitrogen functional groups attached to an aromatic ring is 1. The number of rotatable bonds is 3. The lowest BCUT2D eigenvalue weighted by Crippen LogP contribution is -2.14. The molecule has 0 fully saturated rings. The minimum Gasteiger partial charge on any atom is -0.399 e. The van der Waals surface area contributed by atoms with Crippen LogP contribution in [0.25, 0.3) is 11.3 Å². The van der Waals surface area contributed by atoms with Gasteiger partial charge in [0.05, 0.1) is 5.69 Å². The fourth-order valence-corrected chi connectivity index (χ4v) is 2.29. The standard InChI is InChI=1S/C19H16N4O/c1-3-13-4-6-15(7-5-13)19(24)21-18-12-17(22-23(18)2)14-8-10-16(20)11-9-14/h1,4-12H,20H2,2H3,(H,21,24). The summed E-state index contributed by atoms with van der Waals surface area (Å²) < 4.78 is 1.62. The first-order valence-corrected chi connectivity index (χ1v) is 7.35. The molecule has 0 aliphatic rings. The highest BCUT2D eigenvalue weighted by molar-refractivity contribution is 6.04. The molecule has 118 valence electrons. The number of aryl methyl sites for hydroxylation is 1. The maximum absolute atomic E-state index is 12.3. The third-order valence-electron chi connectivity index (χ3n) is 3.64. The average Bonchev–Trinajstić information content (AvgIpc) is 2.96. The zero-order chi connectivity index (χ0) is 17.1. The van der Waals surface area contributed by atoms with Crippen molar-refractivity contribution in [1.29, 1.82) is 0 Å². The molecule has 1 aromatic heterocycles. The van der Waals surface area contributed by atoms with Crippen molar-refractivity contribution in [2.45, 2.75) is 0 Å². The van der Waals surface area contributed by atoms with Crippen LogP contribution in [0.3, 0.4) is 0 Å². The number of nitrogens with two attached hydrogens (primary N) is 1. The summed E-state index contributed by atoms with van der Waals surface area (Å²) in [5, 5.41) is 7.27. The van der Waals surface area contributed by atoms with Gasteiger partial charge in [-0.1, -0.05) is 18.1 Å². The first kappa shape index (κ1) is 15.4. The van der Waals surface area contributed by atoms with Gasteiger partial charge < -0.3 is 11.1 Å². The first-order valence-electron chi connectivity index (χ1n) is 7.35. The van der Waals surface area contributed by atoms with Crippen molar-refractivity contribution in [3.8, 4) is 23.6 Å². The molecular formula is C19H16N4O. The van der Waals surface area contributed by atoms with Crippen LogP contribution >= 0.6 is 0 Å². The number of benzene rings is 2. The Balaban J connectivity index is 1.81. The van der Waals surface area contributed by atoms with E-state index in [0.717, 1.165) is 16.8 Å². The molecule has 5 nitrogen and oxygen atoms in total. The number of terminal acetylenes is 1. The van der Waals surface area contributed by atoms with E-state index in [1.54, 1.807) is 36.0 Å². The molecule has 3 aromatic rings. The number of hydrogen-bond acceptors (Lipinski definition) is 3. The van der Waals surface area contributed by atoms with Crippen molar-refractivity contribution >= 4 is 17.4 Å². The van der Waals surface area contributed by atoms with Crippen molar-refractivity contribution in [3.63, 3.8) is 0 Å². The number of amides is 1. The predicted molar refractivity (Wildman–Crippen MR) is 95.4 cm³/mol. The molecule has 0 unspecified atom stereocenters. The quantitative estimate of drug-likeness (QED) is 0.576. The first-order chi connectivity index (χ1) is 11.6. The molecule has 5 heteroatoms. The molecule has 0 aliphatic carbocycles. The van der Waals surface area contributed by atoms with Gasteiger partial charge >= 0.3 is 0 Å². The summed E-state index contributed by atoms with van der Waals surface area (Å²) in [7, 11) is 1.78. The van der Waals surface area contributed by atoms with Gasteiger partial charge in [-0.15, -0.1) is 6.42 Å². The van der Waals surface area contributed by atoms with Gasteiger partial charge in [-0.3, -0.25) is 9.48 Å². The highest BCUT2D eigenvalue weighted by Gasteiger charge is 2.11. The zero-order valence-corrected chi connectivity index (χ0v) is 13.2. The largest absolute Gasteiger partial charge is 0.399 e. The number of nitrogens with zero attached hydrogens (tertiary/aromatic N) is 2. The molecule has 0 aliphatic heterocycles. The van der Waals surface area contributed by atoms with Gasteiger partial charge in [0.15, 0.2) is 0 Å². The zero-order valence-electron chi connectivity index (χ0n) is 13.2. The molecular weight excluding hydrogens is 300 g/mol. The van der Waals surface area contributed by atoms with E-state index < -0.39 is 0 Å². The number of aromatic nitrogens is 2. The van der Waals surface area contributed by atoms with Gasteiger partial charge in [0.25, 0.3) is 5.91 Å². The van der Waals surface area contributed by atoms with E-state index in [1.165, 1.54) is 0 Å². The van der Waals surface area contributed by atoms with Gasteiger partial charge in [-0.05, 0) is 36.4 Å². The second-order valence-electron chi connectivity index (χ2n) is 5.34. The van der Waals surface area contributed by atoms with Crippen LogP contribution in [0.5, 0.6) is 0 Å². The molecule has 1 heterocycles. The summed E-state index contributed by atoms with van der Waals surface area (Å²) in [5.74, 6) is 2.91. The van der Waals surface area contributed by atoms with E-state index in [0.29, 0.717) is 17.1 Å². The number of hydrogen-bond donors (Lipinski definition) is 2. The number of anilines is 2. The summed E-state index contributed by atoms with van der Waals surface area (Å²) in [4.78, 5) is 12.3. The molecule has 0 saturated heterocycles. The van der Waals surface area contributed by atoms with E-state index in [1.807, 2.05) is 30.3 Å². The lowest BCUT2D eigenvalue weighted by atomic mass is 10.1. The summed E-state index contributed by atoms with van der Waals surface area (Å²) in [6.45, 7) is 0. The third-order valence-corrected chi connectivity index (χ3v) is 3.64. The topological polar surface area (TPSA) is 72.9 Å². The van der Waals surface area contributed by atoms with Crippen LogP contribution < -0.4 is 11.1 Å². The smallest absolute Gasteiger partial charge is 0.256 e. The minimum absolute atomic E-state index is 0.217. The van der Waals surface area contributed by atoms with Gasteiger partial charge in [0.2, 0.25) is 0 Å². The second-order valence-corrected chi connectivity index (χ2v) is 5.34. The van der Waals surface area contributed by atoms with E-state index >= 15 is 0 Å². The van der Waals surface area contributed by atoms with Gasteiger partial charge in [0, 0.05) is 35.5 Å². The SMILES string of the molecule is C#Cc1ccc(C(=O)Nc2cc(-c3ccc(N)cc3)nn2C)cc1. The lowest BCUT2D eigenvalue weighted by Gasteiger charge is -2.05. The Labute approximate surface area is 140 Å². The minimum atomic E-state index is -0.217. The number of carbonyl (C=O) groups is 1.